The van der Waals surface area contributed by atoms with Crippen LogP contribution in [-0.4, -0.2) is 49.1 Å². The Hall–Kier alpha value is -0.810. The fourth-order valence-corrected chi connectivity index (χ4v) is 3.95. The van der Waals surface area contributed by atoms with Crippen molar-refractivity contribution in [3.05, 3.63) is 35.9 Å². The lowest BCUT2D eigenvalue weighted by Gasteiger charge is -2.36. The van der Waals surface area contributed by atoms with Gasteiger partial charge in [-0.1, -0.05) is 30.3 Å². The minimum atomic E-state index is -0.00226. The van der Waals surface area contributed by atoms with Gasteiger partial charge < -0.3 is 10.6 Å². The van der Waals surface area contributed by atoms with Crippen LogP contribution in [0.25, 0.3) is 0 Å². The van der Waals surface area contributed by atoms with Crippen molar-refractivity contribution in [2.75, 3.05) is 26.2 Å². The fraction of sp³-hybridized carbons (Fsp3) is 0.650. The van der Waals surface area contributed by atoms with Crippen molar-refractivity contribution in [3.63, 3.8) is 0 Å². The van der Waals surface area contributed by atoms with Crippen LogP contribution in [0.1, 0.15) is 38.2 Å². The SMILES string of the molecule is CC(C(=O)NC1CCNCC1)N1CCC(Cc2ccccc2)CC1.Cl.Cl. The second-order valence-electron chi connectivity index (χ2n) is 7.38. The number of hydrogen-bond acceptors (Lipinski definition) is 3. The lowest BCUT2D eigenvalue weighted by atomic mass is 9.89. The van der Waals surface area contributed by atoms with Crippen LogP contribution < -0.4 is 10.6 Å². The number of piperidine rings is 2. The van der Waals surface area contributed by atoms with Gasteiger partial charge >= 0.3 is 0 Å². The minimum Gasteiger partial charge on any atom is -0.352 e. The molecule has 1 aromatic rings. The second-order valence-corrected chi connectivity index (χ2v) is 7.38. The van der Waals surface area contributed by atoms with Crippen molar-refractivity contribution >= 4 is 30.7 Å². The lowest BCUT2D eigenvalue weighted by molar-refractivity contribution is -0.127. The molecule has 148 valence electrons. The van der Waals surface area contributed by atoms with E-state index in [1.54, 1.807) is 0 Å². The molecular formula is C20H33Cl2N3O. The van der Waals surface area contributed by atoms with E-state index in [0.717, 1.165) is 44.9 Å². The van der Waals surface area contributed by atoms with Gasteiger partial charge in [0.25, 0.3) is 0 Å². The maximum atomic E-state index is 12.5. The topological polar surface area (TPSA) is 44.4 Å². The van der Waals surface area contributed by atoms with Crippen LogP contribution in [0, 0.1) is 5.92 Å². The first-order valence-corrected chi connectivity index (χ1v) is 9.51. The van der Waals surface area contributed by atoms with Gasteiger partial charge in [-0.3, -0.25) is 9.69 Å². The third kappa shape index (κ3) is 6.73. The van der Waals surface area contributed by atoms with E-state index in [1.165, 1.54) is 24.8 Å². The number of halogens is 2. The van der Waals surface area contributed by atoms with E-state index >= 15 is 0 Å². The summed E-state index contributed by atoms with van der Waals surface area (Å²) in [7, 11) is 0. The Balaban J connectivity index is 0.00000169. The molecule has 1 unspecified atom stereocenters. The third-order valence-electron chi connectivity index (χ3n) is 5.63. The molecule has 2 saturated heterocycles. The van der Waals surface area contributed by atoms with Crippen LogP contribution in [0.3, 0.4) is 0 Å². The standard InChI is InChI=1S/C20H31N3O.2ClH/c1-16(20(24)22-19-7-11-21-12-8-19)23-13-9-18(10-14-23)15-17-5-3-2-4-6-17;;/h2-6,16,18-19,21H,7-15H2,1H3,(H,22,24);2*1H. The highest BCUT2D eigenvalue weighted by Gasteiger charge is 2.28. The molecular weight excluding hydrogens is 369 g/mol. The van der Waals surface area contributed by atoms with Crippen molar-refractivity contribution < 1.29 is 4.79 Å². The summed E-state index contributed by atoms with van der Waals surface area (Å²) < 4.78 is 0. The molecule has 0 radical (unpaired) electrons. The minimum absolute atomic E-state index is 0. The molecule has 6 heteroatoms. The number of carbonyl (C=O) groups excluding carboxylic acids is 1. The zero-order valence-corrected chi connectivity index (χ0v) is 17.3. The molecule has 3 rings (SSSR count). The average Bonchev–Trinajstić information content (AvgIpc) is 2.63. The molecule has 0 saturated carbocycles. The van der Waals surface area contributed by atoms with Gasteiger partial charge in [-0.15, -0.1) is 24.8 Å². The van der Waals surface area contributed by atoms with Crippen molar-refractivity contribution in [2.24, 2.45) is 5.92 Å². The Labute approximate surface area is 170 Å². The van der Waals surface area contributed by atoms with Crippen LogP contribution in [0.4, 0.5) is 0 Å². The summed E-state index contributed by atoms with van der Waals surface area (Å²) in [5.74, 6) is 0.965. The summed E-state index contributed by atoms with van der Waals surface area (Å²) in [6, 6.07) is 11.1. The van der Waals surface area contributed by atoms with Crippen molar-refractivity contribution in [1.82, 2.24) is 15.5 Å². The quantitative estimate of drug-likeness (QED) is 0.796. The highest BCUT2D eigenvalue weighted by Crippen LogP contribution is 2.23. The molecule has 2 heterocycles. The summed E-state index contributed by atoms with van der Waals surface area (Å²) in [5, 5.41) is 6.59. The molecule has 1 aromatic carbocycles. The van der Waals surface area contributed by atoms with Gasteiger partial charge in [0.2, 0.25) is 5.91 Å². The van der Waals surface area contributed by atoms with E-state index in [0.29, 0.717) is 6.04 Å². The molecule has 0 aromatic heterocycles. The van der Waals surface area contributed by atoms with E-state index in [9.17, 15) is 4.79 Å². The smallest absolute Gasteiger partial charge is 0.237 e. The van der Waals surface area contributed by atoms with E-state index < -0.39 is 0 Å². The number of likely N-dealkylation sites (tertiary alicyclic amines) is 1. The predicted octanol–water partition coefficient (Wildman–Crippen LogP) is 3.04. The number of nitrogens with one attached hydrogen (secondary N) is 2. The van der Waals surface area contributed by atoms with E-state index in [2.05, 4.69) is 52.8 Å². The maximum absolute atomic E-state index is 12.5. The summed E-state index contributed by atoms with van der Waals surface area (Å²) in [5.41, 5.74) is 1.44. The van der Waals surface area contributed by atoms with Crippen molar-refractivity contribution in [1.29, 1.82) is 0 Å². The number of amides is 1. The van der Waals surface area contributed by atoms with Crippen LogP contribution in [0.15, 0.2) is 30.3 Å². The molecule has 2 N–H and O–H groups in total. The largest absolute Gasteiger partial charge is 0.352 e. The fourth-order valence-electron chi connectivity index (χ4n) is 3.95. The van der Waals surface area contributed by atoms with Crippen LogP contribution >= 0.6 is 24.8 Å². The zero-order valence-electron chi connectivity index (χ0n) is 15.7. The molecule has 4 nitrogen and oxygen atoms in total. The summed E-state index contributed by atoms with van der Waals surface area (Å²) in [6.07, 6.45) is 5.67. The van der Waals surface area contributed by atoms with Gasteiger partial charge in [-0.25, -0.2) is 0 Å². The highest BCUT2D eigenvalue weighted by molar-refractivity contribution is 5.85. The van der Waals surface area contributed by atoms with Gasteiger partial charge in [0.15, 0.2) is 0 Å². The average molecular weight is 402 g/mol. The lowest BCUT2D eigenvalue weighted by Crippen LogP contribution is -2.52. The van der Waals surface area contributed by atoms with Crippen LogP contribution in [-0.2, 0) is 11.2 Å². The van der Waals surface area contributed by atoms with E-state index in [1.807, 2.05) is 0 Å². The van der Waals surface area contributed by atoms with Gasteiger partial charge in [0.1, 0.15) is 0 Å². The molecule has 0 spiro atoms. The molecule has 2 fully saturated rings. The van der Waals surface area contributed by atoms with Gasteiger partial charge in [0.05, 0.1) is 6.04 Å². The summed E-state index contributed by atoms with van der Waals surface area (Å²) in [4.78, 5) is 14.9. The second kappa shape index (κ2) is 11.8. The normalized spacial score (nSPS) is 20.5. The zero-order chi connectivity index (χ0) is 16.8. The van der Waals surface area contributed by atoms with Gasteiger partial charge in [-0.05, 0) is 76.7 Å². The highest BCUT2D eigenvalue weighted by atomic mass is 35.5. The number of rotatable bonds is 5. The van der Waals surface area contributed by atoms with Crippen molar-refractivity contribution in [3.8, 4) is 0 Å². The number of benzene rings is 1. The van der Waals surface area contributed by atoms with E-state index in [-0.39, 0.29) is 36.8 Å². The van der Waals surface area contributed by atoms with Crippen LogP contribution in [0.2, 0.25) is 0 Å². The molecule has 0 bridgehead atoms. The Bertz CT molecular complexity index is 515. The first-order chi connectivity index (χ1) is 11.7. The molecule has 26 heavy (non-hydrogen) atoms. The first-order valence-electron chi connectivity index (χ1n) is 9.51. The third-order valence-corrected chi connectivity index (χ3v) is 5.63. The van der Waals surface area contributed by atoms with Crippen LogP contribution in [0.5, 0.6) is 0 Å². The molecule has 2 aliphatic rings. The molecule has 2 aliphatic heterocycles. The molecule has 1 amide bonds. The van der Waals surface area contributed by atoms with Gasteiger partial charge in [0, 0.05) is 6.04 Å². The Kier molecular flexibility index (Phi) is 10.6. The van der Waals surface area contributed by atoms with E-state index in [4.69, 9.17) is 0 Å². The molecule has 0 aliphatic carbocycles. The summed E-state index contributed by atoms with van der Waals surface area (Å²) in [6.45, 7) is 6.18. The Morgan fingerprint density at radius 2 is 1.73 bits per heavy atom. The predicted molar refractivity (Wildman–Crippen MR) is 112 cm³/mol. The number of carbonyl (C=O) groups is 1. The molecule has 1 atom stereocenters. The Morgan fingerprint density at radius 3 is 2.35 bits per heavy atom. The number of nitrogens with zero attached hydrogens (tertiary/aromatic N) is 1. The first kappa shape index (κ1) is 23.2. The monoisotopic (exact) mass is 401 g/mol. The maximum Gasteiger partial charge on any atom is 0.237 e. The summed E-state index contributed by atoms with van der Waals surface area (Å²) >= 11 is 0. The van der Waals surface area contributed by atoms with Crippen molar-refractivity contribution in [2.45, 2.75) is 51.1 Å². The Morgan fingerprint density at radius 1 is 1.12 bits per heavy atom. The number of hydrogen-bond donors (Lipinski definition) is 2. The van der Waals surface area contributed by atoms with Gasteiger partial charge in [-0.2, -0.15) is 0 Å².